The minimum Gasteiger partial charge on any atom is -0.468 e. The van der Waals surface area contributed by atoms with Gasteiger partial charge in [-0.1, -0.05) is 39.5 Å². The number of carbonyl (C=O) groups is 1. The van der Waals surface area contributed by atoms with Crippen molar-refractivity contribution in [3.8, 4) is 0 Å². The highest BCUT2D eigenvalue weighted by atomic mass is 16.5. The van der Waals surface area contributed by atoms with Crippen molar-refractivity contribution in [3.63, 3.8) is 0 Å². The van der Waals surface area contributed by atoms with E-state index in [4.69, 9.17) is 4.74 Å². The lowest BCUT2D eigenvalue weighted by atomic mass is 9.94. The van der Waals surface area contributed by atoms with Crippen LogP contribution in [0, 0.1) is 0 Å². The van der Waals surface area contributed by atoms with Gasteiger partial charge in [0, 0.05) is 0 Å². The number of nitrogens with one attached hydrogen (secondary N) is 1. The number of ether oxygens (including phenoxy) is 1. The molecule has 0 aromatic rings. The van der Waals surface area contributed by atoms with E-state index in [9.17, 15) is 4.79 Å². The molecule has 0 saturated heterocycles. The van der Waals surface area contributed by atoms with Crippen molar-refractivity contribution in [2.45, 2.75) is 58.4 Å². The zero-order valence-electron chi connectivity index (χ0n) is 10.6. The Bertz CT molecular complexity index is 182. The Hall–Kier alpha value is -0.570. The van der Waals surface area contributed by atoms with Gasteiger partial charge in [0.25, 0.3) is 0 Å². The third-order valence-electron chi connectivity index (χ3n) is 2.73. The molecule has 1 N–H and O–H groups in total. The molecule has 3 nitrogen and oxygen atoms in total. The van der Waals surface area contributed by atoms with Crippen molar-refractivity contribution >= 4 is 5.97 Å². The van der Waals surface area contributed by atoms with E-state index in [1.54, 1.807) is 0 Å². The fourth-order valence-electron chi connectivity index (χ4n) is 1.78. The maximum absolute atomic E-state index is 11.6. The van der Waals surface area contributed by atoms with Crippen molar-refractivity contribution in [1.82, 2.24) is 5.32 Å². The van der Waals surface area contributed by atoms with Gasteiger partial charge in [0.2, 0.25) is 0 Å². The summed E-state index contributed by atoms with van der Waals surface area (Å²) in [5.41, 5.74) is -0.503. The number of unbranched alkanes of at least 4 members (excludes halogenated alkanes) is 3. The molecule has 0 spiro atoms. The van der Waals surface area contributed by atoms with Crippen LogP contribution in [-0.4, -0.2) is 25.2 Å². The first-order chi connectivity index (χ1) is 7.10. The average molecular weight is 215 g/mol. The number of carbonyl (C=O) groups excluding carboxylic acids is 1. The predicted octanol–water partition coefficient (Wildman–Crippen LogP) is 2.50. The molecule has 0 amide bonds. The SMILES string of the molecule is CCCCCCC(C)(NCC)C(=O)OC. The van der Waals surface area contributed by atoms with Gasteiger partial charge in [0.15, 0.2) is 0 Å². The van der Waals surface area contributed by atoms with Gasteiger partial charge in [-0.25, -0.2) is 0 Å². The number of methoxy groups -OCH3 is 1. The third-order valence-corrected chi connectivity index (χ3v) is 2.73. The van der Waals surface area contributed by atoms with Crippen molar-refractivity contribution in [3.05, 3.63) is 0 Å². The van der Waals surface area contributed by atoms with Gasteiger partial charge in [-0.2, -0.15) is 0 Å². The van der Waals surface area contributed by atoms with Crippen LogP contribution in [0.15, 0.2) is 0 Å². The highest BCUT2D eigenvalue weighted by molar-refractivity contribution is 5.80. The van der Waals surface area contributed by atoms with E-state index in [0.717, 1.165) is 19.4 Å². The van der Waals surface area contributed by atoms with Gasteiger partial charge < -0.3 is 10.1 Å². The van der Waals surface area contributed by atoms with Crippen LogP contribution in [0.1, 0.15) is 52.9 Å². The minimum absolute atomic E-state index is 0.152. The molecule has 0 bridgehead atoms. The second-order valence-electron chi connectivity index (χ2n) is 4.16. The van der Waals surface area contributed by atoms with Crippen LogP contribution in [0.3, 0.4) is 0 Å². The van der Waals surface area contributed by atoms with E-state index in [1.165, 1.54) is 26.4 Å². The fourth-order valence-corrected chi connectivity index (χ4v) is 1.78. The van der Waals surface area contributed by atoms with Gasteiger partial charge >= 0.3 is 5.97 Å². The van der Waals surface area contributed by atoms with E-state index < -0.39 is 5.54 Å². The van der Waals surface area contributed by atoms with E-state index >= 15 is 0 Å². The van der Waals surface area contributed by atoms with Crippen LogP contribution in [0.4, 0.5) is 0 Å². The molecule has 1 unspecified atom stereocenters. The normalized spacial score (nSPS) is 14.7. The summed E-state index contributed by atoms with van der Waals surface area (Å²) in [7, 11) is 1.45. The van der Waals surface area contributed by atoms with Crippen molar-refractivity contribution in [2.75, 3.05) is 13.7 Å². The molecule has 0 fully saturated rings. The number of hydrogen-bond donors (Lipinski definition) is 1. The van der Waals surface area contributed by atoms with E-state index in [2.05, 4.69) is 12.2 Å². The quantitative estimate of drug-likeness (QED) is 0.499. The van der Waals surface area contributed by atoms with Crippen molar-refractivity contribution < 1.29 is 9.53 Å². The summed E-state index contributed by atoms with van der Waals surface area (Å²) in [4.78, 5) is 11.6. The Morgan fingerprint density at radius 1 is 1.27 bits per heavy atom. The summed E-state index contributed by atoms with van der Waals surface area (Å²) in [6.45, 7) is 6.91. The second kappa shape index (κ2) is 7.69. The number of likely N-dealkylation sites (N-methyl/N-ethyl adjacent to an activating group) is 1. The Morgan fingerprint density at radius 2 is 1.93 bits per heavy atom. The van der Waals surface area contributed by atoms with Crippen LogP contribution in [-0.2, 0) is 9.53 Å². The molecular weight excluding hydrogens is 190 g/mol. The molecule has 0 heterocycles. The Balaban J connectivity index is 4.07. The maximum Gasteiger partial charge on any atom is 0.325 e. The third kappa shape index (κ3) is 5.17. The highest BCUT2D eigenvalue weighted by Crippen LogP contribution is 2.16. The largest absolute Gasteiger partial charge is 0.468 e. The van der Waals surface area contributed by atoms with Crippen LogP contribution in [0.5, 0.6) is 0 Å². The molecule has 0 saturated carbocycles. The summed E-state index contributed by atoms with van der Waals surface area (Å²) < 4.78 is 4.82. The van der Waals surface area contributed by atoms with E-state index in [0.29, 0.717) is 0 Å². The first-order valence-corrected chi connectivity index (χ1v) is 5.94. The van der Waals surface area contributed by atoms with Crippen molar-refractivity contribution in [2.24, 2.45) is 0 Å². The van der Waals surface area contributed by atoms with Crippen LogP contribution >= 0.6 is 0 Å². The molecule has 0 aromatic carbocycles. The molecule has 15 heavy (non-hydrogen) atoms. The molecule has 90 valence electrons. The van der Waals surface area contributed by atoms with Crippen LogP contribution < -0.4 is 5.32 Å². The summed E-state index contributed by atoms with van der Waals surface area (Å²) in [5.74, 6) is -0.152. The lowest BCUT2D eigenvalue weighted by Crippen LogP contribution is -2.50. The maximum atomic E-state index is 11.6. The summed E-state index contributed by atoms with van der Waals surface area (Å²) in [6, 6.07) is 0. The molecule has 0 aromatic heterocycles. The molecule has 0 aliphatic heterocycles. The van der Waals surface area contributed by atoms with Gasteiger partial charge in [-0.3, -0.25) is 4.79 Å². The minimum atomic E-state index is -0.503. The van der Waals surface area contributed by atoms with Gasteiger partial charge in [0.1, 0.15) is 5.54 Å². The smallest absolute Gasteiger partial charge is 0.325 e. The fraction of sp³-hybridized carbons (Fsp3) is 0.917. The molecule has 0 aliphatic carbocycles. The number of rotatable bonds is 8. The van der Waals surface area contributed by atoms with E-state index in [-0.39, 0.29) is 5.97 Å². The van der Waals surface area contributed by atoms with Crippen LogP contribution in [0.2, 0.25) is 0 Å². The Kier molecular flexibility index (Phi) is 7.39. The summed E-state index contributed by atoms with van der Waals surface area (Å²) in [5, 5.41) is 3.21. The number of esters is 1. The van der Waals surface area contributed by atoms with Gasteiger partial charge in [-0.15, -0.1) is 0 Å². The van der Waals surface area contributed by atoms with Crippen molar-refractivity contribution in [1.29, 1.82) is 0 Å². The van der Waals surface area contributed by atoms with Gasteiger partial charge in [0.05, 0.1) is 7.11 Å². The molecule has 1 atom stereocenters. The molecule has 3 heteroatoms. The van der Waals surface area contributed by atoms with Crippen LogP contribution in [0.25, 0.3) is 0 Å². The summed E-state index contributed by atoms with van der Waals surface area (Å²) >= 11 is 0. The average Bonchev–Trinajstić information content (AvgIpc) is 2.23. The molecule has 0 radical (unpaired) electrons. The zero-order chi connectivity index (χ0) is 11.7. The first kappa shape index (κ1) is 14.4. The first-order valence-electron chi connectivity index (χ1n) is 5.94. The number of hydrogen-bond acceptors (Lipinski definition) is 3. The van der Waals surface area contributed by atoms with E-state index in [1.807, 2.05) is 13.8 Å². The van der Waals surface area contributed by atoms with Gasteiger partial charge in [-0.05, 0) is 19.9 Å². The Morgan fingerprint density at radius 3 is 2.40 bits per heavy atom. The molecule has 0 aliphatic rings. The summed E-state index contributed by atoms with van der Waals surface area (Å²) in [6.07, 6.45) is 5.58. The lowest BCUT2D eigenvalue weighted by molar-refractivity contribution is -0.148. The lowest BCUT2D eigenvalue weighted by Gasteiger charge is -2.27. The predicted molar refractivity (Wildman–Crippen MR) is 62.9 cm³/mol. The Labute approximate surface area is 93.6 Å². The monoisotopic (exact) mass is 215 g/mol. The standard InChI is InChI=1S/C12H25NO2/c1-5-7-8-9-10-12(3,13-6-2)11(14)15-4/h13H,5-10H2,1-4H3. The topological polar surface area (TPSA) is 38.3 Å². The molecule has 0 rings (SSSR count). The zero-order valence-corrected chi connectivity index (χ0v) is 10.6. The second-order valence-corrected chi connectivity index (χ2v) is 4.16. The highest BCUT2D eigenvalue weighted by Gasteiger charge is 2.32. The molecular formula is C12H25NO2.